The lowest BCUT2D eigenvalue weighted by molar-refractivity contribution is 0.160. The molecule has 0 aliphatic carbocycles. The maximum atomic E-state index is 12.6. The van der Waals surface area contributed by atoms with Gasteiger partial charge in [0.05, 0.1) is 12.8 Å². The van der Waals surface area contributed by atoms with Crippen molar-refractivity contribution in [2.24, 2.45) is 11.1 Å². The van der Waals surface area contributed by atoms with Crippen LogP contribution in [-0.2, 0) is 4.84 Å². The second kappa shape index (κ2) is 11.2. The third kappa shape index (κ3) is 6.20. The van der Waals surface area contributed by atoms with Gasteiger partial charge in [0.2, 0.25) is 0 Å². The molecule has 0 radical (unpaired) electrons. The highest BCUT2D eigenvalue weighted by atomic mass is 16.6. The van der Waals surface area contributed by atoms with Crippen LogP contribution in [0.4, 0.5) is 10.5 Å². The molecule has 0 saturated carbocycles. The quantitative estimate of drug-likeness (QED) is 0.411. The summed E-state index contributed by atoms with van der Waals surface area (Å²) < 4.78 is 5.85. The zero-order valence-electron chi connectivity index (χ0n) is 17.7. The second-order valence-electron chi connectivity index (χ2n) is 7.38. The normalized spacial score (nSPS) is 15.1. The smallest absolute Gasteiger partial charge is 0.324 e. The Bertz CT molecular complexity index is 811. The SMILES string of the molecule is CCON=Cc1ccc(OCCC(C)CCN2CCN(c3ccncc3)C2=O)cc1. The molecule has 2 aromatic rings. The van der Waals surface area contributed by atoms with Crippen LogP contribution in [0.25, 0.3) is 0 Å². The number of aromatic nitrogens is 1. The highest BCUT2D eigenvalue weighted by molar-refractivity contribution is 5.94. The van der Waals surface area contributed by atoms with E-state index in [4.69, 9.17) is 9.57 Å². The minimum Gasteiger partial charge on any atom is -0.494 e. The van der Waals surface area contributed by atoms with Gasteiger partial charge in [0.25, 0.3) is 0 Å². The van der Waals surface area contributed by atoms with Gasteiger partial charge >= 0.3 is 6.03 Å². The molecule has 7 nitrogen and oxygen atoms in total. The van der Waals surface area contributed by atoms with Gasteiger partial charge in [-0.2, -0.15) is 0 Å². The topological polar surface area (TPSA) is 67.3 Å². The first-order chi connectivity index (χ1) is 14.7. The number of amides is 2. The third-order valence-corrected chi connectivity index (χ3v) is 5.13. The van der Waals surface area contributed by atoms with Crippen LogP contribution < -0.4 is 9.64 Å². The Hall–Kier alpha value is -3.09. The van der Waals surface area contributed by atoms with E-state index < -0.39 is 0 Å². The molecule has 1 unspecified atom stereocenters. The van der Waals surface area contributed by atoms with E-state index in [9.17, 15) is 4.79 Å². The number of oxime groups is 1. The predicted molar refractivity (Wildman–Crippen MR) is 118 cm³/mol. The number of urea groups is 1. The van der Waals surface area contributed by atoms with Crippen LogP contribution in [0.2, 0.25) is 0 Å². The molecule has 1 aromatic carbocycles. The van der Waals surface area contributed by atoms with Crippen LogP contribution in [0, 0.1) is 5.92 Å². The van der Waals surface area contributed by atoms with E-state index in [2.05, 4.69) is 17.1 Å². The maximum absolute atomic E-state index is 12.6. The Balaban J connectivity index is 1.35. The molecule has 0 N–H and O–H groups in total. The van der Waals surface area contributed by atoms with Crippen LogP contribution in [0.1, 0.15) is 32.3 Å². The average Bonchev–Trinajstić information content (AvgIpc) is 3.14. The molecule has 3 rings (SSSR count). The fourth-order valence-corrected chi connectivity index (χ4v) is 3.27. The number of carbonyl (C=O) groups is 1. The highest BCUT2D eigenvalue weighted by Gasteiger charge is 2.29. The van der Waals surface area contributed by atoms with Crippen molar-refractivity contribution in [3.8, 4) is 5.75 Å². The third-order valence-electron chi connectivity index (χ3n) is 5.13. The summed E-state index contributed by atoms with van der Waals surface area (Å²) in [5, 5.41) is 3.86. The van der Waals surface area contributed by atoms with Crippen LogP contribution in [0.15, 0.2) is 53.9 Å². The standard InChI is InChI=1S/C23H30N4O3/c1-3-30-25-18-20-4-6-22(7-5-20)29-17-11-19(2)10-14-26-15-16-27(23(26)28)21-8-12-24-13-9-21/h4-9,12-13,18-19H,3,10-11,14-17H2,1-2H3. The van der Waals surface area contributed by atoms with Gasteiger partial charge in [-0.25, -0.2) is 4.79 Å². The molecular formula is C23H30N4O3. The predicted octanol–water partition coefficient (Wildman–Crippen LogP) is 4.19. The van der Waals surface area contributed by atoms with Gasteiger partial charge in [-0.05, 0) is 67.6 Å². The molecule has 1 aliphatic heterocycles. The summed E-state index contributed by atoms with van der Waals surface area (Å²) in [6, 6.07) is 11.6. The molecule has 160 valence electrons. The summed E-state index contributed by atoms with van der Waals surface area (Å²) in [7, 11) is 0. The Morgan fingerprint density at radius 1 is 1.13 bits per heavy atom. The van der Waals surface area contributed by atoms with E-state index in [0.717, 1.165) is 49.5 Å². The van der Waals surface area contributed by atoms with Gasteiger partial charge in [-0.15, -0.1) is 0 Å². The summed E-state index contributed by atoms with van der Waals surface area (Å²) >= 11 is 0. The molecule has 7 heteroatoms. The lowest BCUT2D eigenvalue weighted by Crippen LogP contribution is -2.33. The Labute approximate surface area is 178 Å². The molecule has 0 spiro atoms. The van der Waals surface area contributed by atoms with Gasteiger partial charge in [0.1, 0.15) is 12.4 Å². The zero-order chi connectivity index (χ0) is 21.2. The lowest BCUT2D eigenvalue weighted by atomic mass is 10.0. The molecule has 1 saturated heterocycles. The van der Waals surface area contributed by atoms with Crippen molar-refractivity contribution in [3.05, 3.63) is 54.4 Å². The van der Waals surface area contributed by atoms with Crippen LogP contribution >= 0.6 is 0 Å². The maximum Gasteiger partial charge on any atom is 0.324 e. The van der Waals surface area contributed by atoms with E-state index in [1.807, 2.05) is 53.1 Å². The Morgan fingerprint density at radius 2 is 1.90 bits per heavy atom. The zero-order valence-corrected chi connectivity index (χ0v) is 17.7. The summed E-state index contributed by atoms with van der Waals surface area (Å²) in [5.74, 6) is 1.32. The summed E-state index contributed by atoms with van der Waals surface area (Å²) in [5.41, 5.74) is 1.88. The van der Waals surface area contributed by atoms with Gasteiger partial charge in [-0.3, -0.25) is 9.88 Å². The molecule has 1 atom stereocenters. The van der Waals surface area contributed by atoms with Crippen LogP contribution in [0.3, 0.4) is 0 Å². The number of nitrogens with zero attached hydrogens (tertiary/aromatic N) is 4. The molecule has 1 fully saturated rings. The largest absolute Gasteiger partial charge is 0.494 e. The molecule has 1 aliphatic rings. The number of anilines is 1. The number of carbonyl (C=O) groups excluding carboxylic acids is 1. The molecule has 30 heavy (non-hydrogen) atoms. The van der Waals surface area contributed by atoms with E-state index in [-0.39, 0.29) is 6.03 Å². The Kier molecular flexibility index (Phi) is 8.06. The highest BCUT2D eigenvalue weighted by Crippen LogP contribution is 2.20. The van der Waals surface area contributed by atoms with Crippen molar-refractivity contribution in [3.63, 3.8) is 0 Å². The van der Waals surface area contributed by atoms with Gasteiger partial charge in [0, 0.05) is 37.7 Å². The fraction of sp³-hybridized carbons (Fsp3) is 0.435. The van der Waals surface area contributed by atoms with Gasteiger partial charge in [-0.1, -0.05) is 12.1 Å². The fourth-order valence-electron chi connectivity index (χ4n) is 3.27. The summed E-state index contributed by atoms with van der Waals surface area (Å²) in [6.07, 6.45) is 7.03. The van der Waals surface area contributed by atoms with Crippen LogP contribution in [-0.4, -0.2) is 55.0 Å². The van der Waals surface area contributed by atoms with Gasteiger partial charge < -0.3 is 14.5 Å². The van der Waals surface area contributed by atoms with Crippen molar-refractivity contribution in [2.45, 2.75) is 26.7 Å². The van der Waals surface area contributed by atoms with Crippen molar-refractivity contribution in [1.29, 1.82) is 0 Å². The van der Waals surface area contributed by atoms with Gasteiger partial charge in [0.15, 0.2) is 0 Å². The minimum atomic E-state index is 0.0811. The summed E-state index contributed by atoms with van der Waals surface area (Å²) in [6.45, 7) is 7.59. The monoisotopic (exact) mass is 410 g/mol. The Morgan fingerprint density at radius 3 is 2.63 bits per heavy atom. The van der Waals surface area contributed by atoms with Crippen molar-refractivity contribution in [2.75, 3.05) is 37.7 Å². The minimum absolute atomic E-state index is 0.0811. The first-order valence-corrected chi connectivity index (χ1v) is 10.5. The molecule has 2 heterocycles. The number of hydrogen-bond acceptors (Lipinski definition) is 5. The average molecular weight is 411 g/mol. The number of ether oxygens (including phenoxy) is 1. The van der Waals surface area contributed by atoms with E-state index in [0.29, 0.717) is 19.1 Å². The van der Waals surface area contributed by atoms with E-state index in [1.54, 1.807) is 18.6 Å². The second-order valence-corrected chi connectivity index (χ2v) is 7.38. The number of hydrogen-bond donors (Lipinski definition) is 0. The first-order valence-electron chi connectivity index (χ1n) is 10.5. The van der Waals surface area contributed by atoms with Crippen LogP contribution in [0.5, 0.6) is 5.75 Å². The van der Waals surface area contributed by atoms with E-state index in [1.165, 1.54) is 0 Å². The first kappa shape index (κ1) is 21.6. The number of benzene rings is 1. The lowest BCUT2D eigenvalue weighted by Gasteiger charge is -2.20. The molecule has 0 bridgehead atoms. The van der Waals surface area contributed by atoms with Crippen molar-refractivity contribution < 1.29 is 14.4 Å². The van der Waals surface area contributed by atoms with Crippen molar-refractivity contribution in [1.82, 2.24) is 9.88 Å². The molecule has 1 aromatic heterocycles. The number of rotatable bonds is 11. The van der Waals surface area contributed by atoms with E-state index >= 15 is 0 Å². The van der Waals surface area contributed by atoms with Crippen molar-refractivity contribution >= 4 is 17.9 Å². The number of pyridine rings is 1. The molecule has 2 amide bonds. The molecular weight excluding hydrogens is 380 g/mol. The summed E-state index contributed by atoms with van der Waals surface area (Å²) in [4.78, 5) is 25.3.